The molecule has 0 aliphatic heterocycles. The van der Waals surface area contributed by atoms with Gasteiger partial charge in [-0.15, -0.1) is 11.8 Å². The first kappa shape index (κ1) is 16.9. The van der Waals surface area contributed by atoms with Gasteiger partial charge in [-0.2, -0.15) is 0 Å². The second kappa shape index (κ2) is 8.25. The second-order valence-corrected chi connectivity index (χ2v) is 6.67. The first-order chi connectivity index (χ1) is 10.6. The number of nitrogens with one attached hydrogen (secondary N) is 1. The van der Waals surface area contributed by atoms with Crippen molar-refractivity contribution in [1.82, 2.24) is 5.32 Å². The molecule has 0 radical (unpaired) electrons. The molecule has 0 heterocycles. The van der Waals surface area contributed by atoms with Crippen LogP contribution in [0.4, 0.5) is 0 Å². The van der Waals surface area contributed by atoms with E-state index >= 15 is 0 Å². The molecule has 0 unspecified atom stereocenters. The number of thioether (sulfide) groups is 1. The van der Waals surface area contributed by atoms with Crippen LogP contribution < -0.4 is 5.32 Å². The van der Waals surface area contributed by atoms with Crippen LogP contribution in [0.1, 0.15) is 30.5 Å². The van der Waals surface area contributed by atoms with Gasteiger partial charge in [-0.3, -0.25) is 4.79 Å². The van der Waals surface area contributed by atoms with Gasteiger partial charge in [0, 0.05) is 9.92 Å². The van der Waals surface area contributed by atoms with Gasteiger partial charge in [0.2, 0.25) is 5.91 Å². The molecule has 1 N–H and O–H groups in total. The van der Waals surface area contributed by atoms with Crippen LogP contribution in [-0.2, 0) is 4.79 Å². The smallest absolute Gasteiger partial charge is 0.230 e. The van der Waals surface area contributed by atoms with Crippen LogP contribution in [-0.4, -0.2) is 11.7 Å². The summed E-state index contributed by atoms with van der Waals surface area (Å²) >= 11 is 7.37. The van der Waals surface area contributed by atoms with Crippen molar-refractivity contribution >= 4 is 29.3 Å². The van der Waals surface area contributed by atoms with Crippen LogP contribution in [0.3, 0.4) is 0 Å². The zero-order chi connectivity index (χ0) is 15.9. The van der Waals surface area contributed by atoms with Crippen LogP contribution in [0.25, 0.3) is 0 Å². The maximum atomic E-state index is 12.1. The minimum Gasteiger partial charge on any atom is -0.349 e. The summed E-state index contributed by atoms with van der Waals surface area (Å²) in [6.45, 7) is 4.14. The summed E-state index contributed by atoms with van der Waals surface area (Å²) in [5, 5.41) is 3.81. The molecule has 1 amide bonds. The quantitative estimate of drug-likeness (QED) is 0.753. The second-order valence-electron chi connectivity index (χ2n) is 5.18. The number of carbonyl (C=O) groups excluding carboxylic acids is 1. The molecule has 0 aliphatic carbocycles. The Kier molecular flexibility index (Phi) is 6.34. The van der Waals surface area contributed by atoms with E-state index in [2.05, 4.69) is 43.4 Å². The lowest BCUT2D eigenvalue weighted by atomic mass is 10.0. The fourth-order valence-corrected chi connectivity index (χ4v) is 2.97. The maximum absolute atomic E-state index is 12.1. The predicted molar refractivity (Wildman–Crippen MR) is 94.5 cm³/mol. The van der Waals surface area contributed by atoms with Crippen LogP contribution in [0.5, 0.6) is 0 Å². The van der Waals surface area contributed by atoms with Gasteiger partial charge >= 0.3 is 0 Å². The lowest BCUT2D eigenvalue weighted by Gasteiger charge is -2.17. The van der Waals surface area contributed by atoms with Crippen molar-refractivity contribution in [1.29, 1.82) is 0 Å². The third kappa shape index (κ3) is 5.08. The van der Waals surface area contributed by atoms with Gasteiger partial charge in [-0.1, -0.05) is 48.4 Å². The highest BCUT2D eigenvalue weighted by Gasteiger charge is 2.12. The molecule has 0 saturated heterocycles. The van der Waals surface area contributed by atoms with Crippen molar-refractivity contribution in [2.45, 2.75) is 31.2 Å². The number of carbonyl (C=O) groups is 1. The molecule has 0 aromatic heterocycles. The Labute approximate surface area is 141 Å². The highest BCUT2D eigenvalue weighted by Crippen LogP contribution is 2.21. The van der Waals surface area contributed by atoms with E-state index in [9.17, 15) is 4.79 Å². The van der Waals surface area contributed by atoms with Gasteiger partial charge in [0.1, 0.15) is 0 Å². The molecule has 2 aromatic carbocycles. The Bertz CT molecular complexity index is 610. The van der Waals surface area contributed by atoms with Gasteiger partial charge < -0.3 is 5.32 Å². The number of aryl methyl sites for hydroxylation is 1. The molecule has 116 valence electrons. The van der Waals surface area contributed by atoms with Crippen molar-refractivity contribution in [2.24, 2.45) is 0 Å². The highest BCUT2D eigenvalue weighted by atomic mass is 35.5. The standard InChI is InChI=1S/C18H20ClNOS/c1-3-17(14-6-4-13(2)5-7-14)20-18(21)12-22-16-10-8-15(19)9-11-16/h4-11,17H,3,12H2,1-2H3,(H,20,21)/t17-/m1/s1. The van der Waals surface area contributed by atoms with Crippen molar-refractivity contribution in [2.75, 3.05) is 5.75 Å². The minimum atomic E-state index is 0.0485. The van der Waals surface area contributed by atoms with Gasteiger partial charge in [0.15, 0.2) is 0 Å². The van der Waals surface area contributed by atoms with Crippen molar-refractivity contribution in [3.63, 3.8) is 0 Å². The fraction of sp³-hybridized carbons (Fsp3) is 0.278. The van der Waals surface area contributed by atoms with Crippen molar-refractivity contribution in [3.8, 4) is 0 Å². The van der Waals surface area contributed by atoms with Crippen LogP contribution in [0.2, 0.25) is 5.02 Å². The van der Waals surface area contributed by atoms with E-state index in [-0.39, 0.29) is 11.9 Å². The normalized spacial score (nSPS) is 12.0. The average molecular weight is 334 g/mol. The van der Waals surface area contributed by atoms with Gasteiger partial charge in [0.05, 0.1) is 11.8 Å². The summed E-state index contributed by atoms with van der Waals surface area (Å²) < 4.78 is 0. The SMILES string of the molecule is CC[C@@H](NC(=O)CSc1ccc(Cl)cc1)c1ccc(C)cc1. The molecule has 2 nitrogen and oxygen atoms in total. The number of halogens is 1. The summed E-state index contributed by atoms with van der Waals surface area (Å²) in [5.74, 6) is 0.455. The van der Waals surface area contributed by atoms with Crippen molar-refractivity contribution in [3.05, 3.63) is 64.7 Å². The lowest BCUT2D eigenvalue weighted by Crippen LogP contribution is -2.29. The molecule has 2 rings (SSSR count). The fourth-order valence-electron chi connectivity index (χ4n) is 2.14. The van der Waals surface area contributed by atoms with E-state index < -0.39 is 0 Å². The summed E-state index contributed by atoms with van der Waals surface area (Å²) in [5.41, 5.74) is 2.38. The van der Waals surface area contributed by atoms with Gasteiger partial charge in [-0.05, 0) is 43.2 Å². The Morgan fingerprint density at radius 2 is 1.77 bits per heavy atom. The molecule has 0 saturated carbocycles. The van der Waals surface area contributed by atoms with Crippen LogP contribution in [0, 0.1) is 6.92 Å². The van der Waals surface area contributed by atoms with Crippen LogP contribution >= 0.6 is 23.4 Å². The average Bonchev–Trinajstić information content (AvgIpc) is 2.53. The molecule has 0 aliphatic rings. The van der Waals surface area contributed by atoms with E-state index in [4.69, 9.17) is 11.6 Å². The third-order valence-corrected chi connectivity index (χ3v) is 4.67. The van der Waals surface area contributed by atoms with E-state index in [1.165, 1.54) is 17.3 Å². The Balaban J connectivity index is 1.89. The molecule has 22 heavy (non-hydrogen) atoms. The third-order valence-electron chi connectivity index (χ3n) is 3.41. The highest BCUT2D eigenvalue weighted by molar-refractivity contribution is 8.00. The number of amides is 1. The Hall–Kier alpha value is -1.45. The number of rotatable bonds is 6. The lowest BCUT2D eigenvalue weighted by molar-refractivity contribution is -0.119. The topological polar surface area (TPSA) is 29.1 Å². The molecule has 2 aromatic rings. The predicted octanol–water partition coefficient (Wildman–Crippen LogP) is 5.01. The molecular weight excluding hydrogens is 314 g/mol. The molecule has 0 spiro atoms. The molecule has 0 bridgehead atoms. The van der Waals surface area contributed by atoms with E-state index in [1.54, 1.807) is 0 Å². The minimum absolute atomic E-state index is 0.0485. The van der Waals surface area contributed by atoms with E-state index in [0.717, 1.165) is 16.9 Å². The maximum Gasteiger partial charge on any atom is 0.230 e. The van der Waals surface area contributed by atoms with Crippen LogP contribution in [0.15, 0.2) is 53.4 Å². The zero-order valence-electron chi connectivity index (χ0n) is 12.8. The van der Waals surface area contributed by atoms with Gasteiger partial charge in [0.25, 0.3) is 0 Å². The summed E-state index contributed by atoms with van der Waals surface area (Å²) in [6, 6.07) is 15.9. The summed E-state index contributed by atoms with van der Waals surface area (Å²) in [7, 11) is 0. The number of hydrogen-bond acceptors (Lipinski definition) is 2. The van der Waals surface area contributed by atoms with E-state index in [1.807, 2.05) is 24.3 Å². The molecule has 4 heteroatoms. The first-order valence-electron chi connectivity index (χ1n) is 7.32. The summed E-state index contributed by atoms with van der Waals surface area (Å²) in [6.07, 6.45) is 0.875. The van der Waals surface area contributed by atoms with E-state index in [0.29, 0.717) is 10.8 Å². The summed E-state index contributed by atoms with van der Waals surface area (Å²) in [4.78, 5) is 13.2. The zero-order valence-corrected chi connectivity index (χ0v) is 14.4. The molecular formula is C18H20ClNOS. The number of benzene rings is 2. The largest absolute Gasteiger partial charge is 0.349 e. The first-order valence-corrected chi connectivity index (χ1v) is 8.69. The monoisotopic (exact) mass is 333 g/mol. The van der Waals surface area contributed by atoms with Gasteiger partial charge in [-0.25, -0.2) is 0 Å². The Morgan fingerprint density at radius 3 is 2.36 bits per heavy atom. The molecule has 1 atom stereocenters. The Morgan fingerprint density at radius 1 is 1.14 bits per heavy atom. The number of hydrogen-bond donors (Lipinski definition) is 1. The molecule has 0 fully saturated rings. The van der Waals surface area contributed by atoms with Crippen molar-refractivity contribution < 1.29 is 4.79 Å².